The fourth-order valence-electron chi connectivity index (χ4n) is 2.53. The minimum absolute atomic E-state index is 0.113. The van der Waals surface area contributed by atoms with Gasteiger partial charge in [0.05, 0.1) is 4.91 Å². The van der Waals surface area contributed by atoms with E-state index in [1.54, 1.807) is 0 Å². The number of amidine groups is 1. The van der Waals surface area contributed by atoms with E-state index in [1.807, 2.05) is 6.08 Å². The van der Waals surface area contributed by atoms with Gasteiger partial charge in [0.1, 0.15) is 0 Å². The molecule has 0 bridgehead atoms. The number of carbonyl (C=O) groups excluding carboxylic acids is 1. The Labute approximate surface area is 135 Å². The average Bonchev–Trinajstić information content (AvgIpc) is 2.90. The second-order valence-electron chi connectivity index (χ2n) is 5.70. The van der Waals surface area contributed by atoms with Crippen LogP contribution in [0.1, 0.15) is 18.1 Å². The van der Waals surface area contributed by atoms with Gasteiger partial charge in [-0.3, -0.25) is 4.79 Å². The third-order valence-corrected chi connectivity index (χ3v) is 5.11. The Morgan fingerprint density at radius 3 is 2.50 bits per heavy atom. The molecule has 1 amide bonds. The van der Waals surface area contributed by atoms with Crippen molar-refractivity contribution in [2.45, 2.75) is 13.3 Å². The van der Waals surface area contributed by atoms with Gasteiger partial charge in [0, 0.05) is 26.2 Å². The summed E-state index contributed by atoms with van der Waals surface area (Å²) in [5, 5.41) is 0.856. The number of benzene rings is 1. The second kappa shape index (κ2) is 6.67. The Morgan fingerprint density at radius 2 is 1.86 bits per heavy atom. The smallest absolute Gasteiger partial charge is 0.286 e. The zero-order valence-electron chi connectivity index (χ0n) is 13.1. The lowest BCUT2D eigenvalue weighted by molar-refractivity contribution is -0.113. The summed E-state index contributed by atoms with van der Waals surface area (Å²) < 4.78 is 0. The molecule has 1 aromatic rings. The van der Waals surface area contributed by atoms with E-state index in [4.69, 9.17) is 0 Å². The molecule has 116 valence electrons. The van der Waals surface area contributed by atoms with Crippen molar-refractivity contribution in [2.24, 2.45) is 4.99 Å². The van der Waals surface area contributed by atoms with Crippen LogP contribution in [0.15, 0.2) is 34.2 Å². The van der Waals surface area contributed by atoms with Gasteiger partial charge in [0.15, 0.2) is 5.17 Å². The number of likely N-dealkylation sites (N-methyl/N-ethyl adjacent to an activating group) is 1. The summed E-state index contributed by atoms with van der Waals surface area (Å²) in [6.45, 7) is 6.05. The number of hydrogen-bond donors (Lipinski definition) is 0. The summed E-state index contributed by atoms with van der Waals surface area (Å²) in [6, 6.07) is 8.35. The SMILES string of the molecule is CCc1ccc(/C=C2/SC(N3CCN(C)CC3)=NC2=O)cc1. The molecule has 2 heterocycles. The molecule has 22 heavy (non-hydrogen) atoms. The summed E-state index contributed by atoms with van der Waals surface area (Å²) in [4.78, 5) is 21.6. The number of piperazine rings is 1. The highest BCUT2D eigenvalue weighted by atomic mass is 32.2. The van der Waals surface area contributed by atoms with Crippen LogP contribution in [0.3, 0.4) is 0 Å². The first-order chi connectivity index (χ1) is 10.7. The fraction of sp³-hybridized carbons (Fsp3) is 0.412. The van der Waals surface area contributed by atoms with Gasteiger partial charge in [-0.25, -0.2) is 0 Å². The molecule has 4 nitrogen and oxygen atoms in total. The van der Waals surface area contributed by atoms with Gasteiger partial charge < -0.3 is 9.80 Å². The minimum Gasteiger partial charge on any atom is -0.348 e. The Bertz CT molecular complexity index is 613. The highest BCUT2D eigenvalue weighted by Crippen LogP contribution is 2.30. The number of rotatable bonds is 2. The topological polar surface area (TPSA) is 35.9 Å². The van der Waals surface area contributed by atoms with Crippen LogP contribution in [-0.4, -0.2) is 54.1 Å². The molecule has 3 rings (SSSR count). The number of aliphatic imine (C=N–C) groups is 1. The molecule has 1 saturated heterocycles. The van der Waals surface area contributed by atoms with Gasteiger partial charge in [0.2, 0.25) is 0 Å². The Balaban J connectivity index is 1.69. The third kappa shape index (κ3) is 3.42. The molecule has 0 atom stereocenters. The fourth-order valence-corrected chi connectivity index (χ4v) is 3.50. The van der Waals surface area contributed by atoms with Gasteiger partial charge >= 0.3 is 0 Å². The molecule has 1 fully saturated rings. The Morgan fingerprint density at radius 1 is 1.18 bits per heavy atom. The standard InChI is InChI=1S/C17H21N3OS/c1-3-13-4-6-14(7-5-13)12-15-16(21)18-17(22-15)20-10-8-19(2)9-11-20/h4-7,12H,3,8-11H2,1-2H3/b15-12+. The largest absolute Gasteiger partial charge is 0.348 e. The first-order valence-corrected chi connectivity index (χ1v) is 8.52. The minimum atomic E-state index is -0.113. The number of hydrogen-bond acceptors (Lipinski definition) is 4. The van der Waals surface area contributed by atoms with E-state index < -0.39 is 0 Å². The van der Waals surface area contributed by atoms with Crippen LogP contribution in [0, 0.1) is 0 Å². The van der Waals surface area contributed by atoms with E-state index in [2.05, 4.69) is 53.0 Å². The van der Waals surface area contributed by atoms with E-state index in [0.717, 1.165) is 48.2 Å². The van der Waals surface area contributed by atoms with E-state index in [-0.39, 0.29) is 5.91 Å². The normalized spacial score (nSPS) is 21.5. The molecule has 0 unspecified atom stereocenters. The first kappa shape index (κ1) is 15.3. The summed E-state index contributed by atoms with van der Waals surface area (Å²) in [6.07, 6.45) is 2.97. The summed E-state index contributed by atoms with van der Waals surface area (Å²) >= 11 is 1.50. The Hall–Kier alpha value is -1.59. The van der Waals surface area contributed by atoms with Crippen LogP contribution >= 0.6 is 11.8 Å². The lowest BCUT2D eigenvalue weighted by Gasteiger charge is -2.32. The van der Waals surface area contributed by atoms with Crippen LogP contribution < -0.4 is 0 Å². The number of nitrogens with zero attached hydrogens (tertiary/aromatic N) is 3. The zero-order valence-corrected chi connectivity index (χ0v) is 13.9. The van der Waals surface area contributed by atoms with Crippen LogP contribution in [0.4, 0.5) is 0 Å². The Kier molecular flexibility index (Phi) is 4.64. The van der Waals surface area contributed by atoms with Gasteiger partial charge in [-0.15, -0.1) is 0 Å². The van der Waals surface area contributed by atoms with E-state index >= 15 is 0 Å². The second-order valence-corrected chi connectivity index (χ2v) is 6.70. The first-order valence-electron chi connectivity index (χ1n) is 7.70. The van der Waals surface area contributed by atoms with Crippen molar-refractivity contribution in [3.8, 4) is 0 Å². The maximum atomic E-state index is 12.1. The molecule has 0 N–H and O–H groups in total. The molecule has 2 aliphatic heterocycles. The van der Waals surface area contributed by atoms with Crippen LogP contribution in [0.5, 0.6) is 0 Å². The molecule has 5 heteroatoms. The maximum Gasteiger partial charge on any atom is 0.286 e. The predicted octanol–water partition coefficient (Wildman–Crippen LogP) is 2.47. The molecule has 0 spiro atoms. The monoisotopic (exact) mass is 315 g/mol. The summed E-state index contributed by atoms with van der Waals surface area (Å²) in [7, 11) is 2.12. The quantitative estimate of drug-likeness (QED) is 0.786. The highest BCUT2D eigenvalue weighted by Gasteiger charge is 2.27. The van der Waals surface area contributed by atoms with Crippen molar-refractivity contribution in [1.82, 2.24) is 9.80 Å². The van der Waals surface area contributed by atoms with E-state index in [1.165, 1.54) is 17.3 Å². The molecule has 0 saturated carbocycles. The molecule has 0 radical (unpaired) electrons. The van der Waals surface area contributed by atoms with Crippen molar-refractivity contribution < 1.29 is 4.79 Å². The molecular weight excluding hydrogens is 294 g/mol. The molecular formula is C17H21N3OS. The number of carbonyl (C=O) groups is 1. The molecule has 1 aromatic carbocycles. The number of aryl methyl sites for hydroxylation is 1. The van der Waals surface area contributed by atoms with Crippen molar-refractivity contribution in [2.75, 3.05) is 33.2 Å². The zero-order chi connectivity index (χ0) is 15.5. The molecule has 0 aromatic heterocycles. The van der Waals surface area contributed by atoms with Crippen molar-refractivity contribution in [3.63, 3.8) is 0 Å². The number of amides is 1. The highest BCUT2D eigenvalue weighted by molar-refractivity contribution is 8.18. The average molecular weight is 315 g/mol. The van der Waals surface area contributed by atoms with Crippen molar-refractivity contribution in [3.05, 3.63) is 40.3 Å². The van der Waals surface area contributed by atoms with Crippen LogP contribution in [0.2, 0.25) is 0 Å². The predicted molar refractivity (Wildman–Crippen MR) is 92.9 cm³/mol. The third-order valence-electron chi connectivity index (χ3n) is 4.07. The van der Waals surface area contributed by atoms with Gasteiger partial charge in [0.25, 0.3) is 5.91 Å². The van der Waals surface area contributed by atoms with Gasteiger partial charge in [-0.05, 0) is 42.4 Å². The van der Waals surface area contributed by atoms with E-state index in [9.17, 15) is 4.79 Å². The van der Waals surface area contributed by atoms with Crippen molar-refractivity contribution >= 4 is 28.9 Å². The van der Waals surface area contributed by atoms with Crippen LogP contribution in [-0.2, 0) is 11.2 Å². The van der Waals surface area contributed by atoms with E-state index in [0.29, 0.717) is 0 Å². The lowest BCUT2D eigenvalue weighted by atomic mass is 10.1. The number of thioether (sulfide) groups is 1. The van der Waals surface area contributed by atoms with Gasteiger partial charge in [-0.2, -0.15) is 4.99 Å². The van der Waals surface area contributed by atoms with Crippen LogP contribution in [0.25, 0.3) is 6.08 Å². The van der Waals surface area contributed by atoms with Gasteiger partial charge in [-0.1, -0.05) is 31.2 Å². The van der Waals surface area contributed by atoms with Crippen molar-refractivity contribution in [1.29, 1.82) is 0 Å². The molecule has 2 aliphatic rings. The maximum absolute atomic E-state index is 12.1. The lowest BCUT2D eigenvalue weighted by Crippen LogP contribution is -2.46. The summed E-state index contributed by atoms with van der Waals surface area (Å²) in [5.41, 5.74) is 2.37. The molecule has 0 aliphatic carbocycles. The summed E-state index contributed by atoms with van der Waals surface area (Å²) in [5.74, 6) is -0.113.